The Labute approximate surface area is 148 Å². The largest absolute Gasteiger partial charge is 0.481 e. The fourth-order valence-corrected chi connectivity index (χ4v) is 3.31. The van der Waals surface area contributed by atoms with Gasteiger partial charge in [-0.15, -0.1) is 0 Å². The standard InChI is InChI=1S/C17H18F2N2O5/c18-11-4-12(19)6-13(5-11)21-8-10(3-15(21)22)17(25)20-1-2-26-14(9-20)7-16(23)24/h4-6,10,14H,1-3,7-9H2,(H,23,24)/t10-,14+/m0/s1. The van der Waals surface area contributed by atoms with Crippen LogP contribution in [0.3, 0.4) is 0 Å². The number of ether oxygens (including phenoxy) is 1. The number of carbonyl (C=O) groups excluding carboxylic acids is 2. The van der Waals surface area contributed by atoms with Gasteiger partial charge in [-0.25, -0.2) is 8.78 Å². The fourth-order valence-electron chi connectivity index (χ4n) is 3.31. The van der Waals surface area contributed by atoms with Crippen molar-refractivity contribution in [1.82, 2.24) is 4.90 Å². The van der Waals surface area contributed by atoms with E-state index in [2.05, 4.69) is 0 Å². The van der Waals surface area contributed by atoms with Crippen molar-refractivity contribution in [1.29, 1.82) is 0 Å². The summed E-state index contributed by atoms with van der Waals surface area (Å²) in [5.74, 6) is -3.92. The Morgan fingerprint density at radius 3 is 2.54 bits per heavy atom. The monoisotopic (exact) mass is 368 g/mol. The Hall–Kier alpha value is -2.55. The molecule has 2 fully saturated rings. The second kappa shape index (κ2) is 7.36. The SMILES string of the molecule is O=C(O)C[C@@H]1CN(C(=O)[C@H]2CC(=O)N(c3cc(F)cc(F)c3)C2)CCO1. The average Bonchev–Trinajstić information content (AvgIpc) is 2.95. The first kappa shape index (κ1) is 18.2. The molecule has 1 aromatic carbocycles. The van der Waals surface area contributed by atoms with Crippen LogP contribution in [0.2, 0.25) is 0 Å². The molecule has 2 aliphatic rings. The number of hydrogen-bond donors (Lipinski definition) is 1. The normalized spacial score (nSPS) is 23.4. The molecule has 0 bridgehead atoms. The van der Waals surface area contributed by atoms with Crippen molar-refractivity contribution in [3.63, 3.8) is 0 Å². The highest BCUT2D eigenvalue weighted by atomic mass is 19.1. The highest BCUT2D eigenvalue weighted by Crippen LogP contribution is 2.28. The highest BCUT2D eigenvalue weighted by Gasteiger charge is 2.39. The number of hydrogen-bond acceptors (Lipinski definition) is 4. The predicted octanol–water partition coefficient (Wildman–Crippen LogP) is 1.02. The number of rotatable bonds is 4. The molecule has 2 saturated heterocycles. The van der Waals surface area contributed by atoms with Crippen LogP contribution in [-0.2, 0) is 19.1 Å². The summed E-state index contributed by atoms with van der Waals surface area (Å²) in [5.41, 5.74) is 0.0773. The molecule has 26 heavy (non-hydrogen) atoms. The Morgan fingerprint density at radius 1 is 1.19 bits per heavy atom. The summed E-state index contributed by atoms with van der Waals surface area (Å²) >= 11 is 0. The number of carbonyl (C=O) groups is 3. The zero-order chi connectivity index (χ0) is 18.8. The van der Waals surface area contributed by atoms with Crippen molar-refractivity contribution >= 4 is 23.5 Å². The van der Waals surface area contributed by atoms with E-state index in [9.17, 15) is 23.2 Å². The summed E-state index contributed by atoms with van der Waals surface area (Å²) in [6.45, 7) is 0.712. The number of carboxylic acid groups (broad SMARTS) is 1. The van der Waals surface area contributed by atoms with E-state index < -0.39 is 29.6 Å². The molecule has 1 N–H and O–H groups in total. The van der Waals surface area contributed by atoms with Gasteiger partial charge >= 0.3 is 5.97 Å². The van der Waals surface area contributed by atoms with Crippen LogP contribution in [0.1, 0.15) is 12.8 Å². The first-order chi connectivity index (χ1) is 12.3. The first-order valence-corrected chi connectivity index (χ1v) is 8.22. The lowest BCUT2D eigenvalue weighted by atomic mass is 10.1. The average molecular weight is 368 g/mol. The number of amides is 2. The molecular formula is C17H18F2N2O5. The maximum atomic E-state index is 13.4. The van der Waals surface area contributed by atoms with E-state index in [1.165, 1.54) is 9.80 Å². The third-order valence-electron chi connectivity index (χ3n) is 4.49. The molecule has 0 aliphatic carbocycles. The Kier molecular flexibility index (Phi) is 5.17. The second-order valence-electron chi connectivity index (χ2n) is 6.41. The molecular weight excluding hydrogens is 350 g/mol. The van der Waals surface area contributed by atoms with Gasteiger partial charge in [0, 0.05) is 37.8 Å². The molecule has 3 rings (SSSR count). The number of halogens is 2. The smallest absolute Gasteiger partial charge is 0.306 e. The number of carboxylic acids is 1. The van der Waals surface area contributed by atoms with Gasteiger partial charge in [0.05, 0.1) is 25.0 Å². The zero-order valence-electron chi connectivity index (χ0n) is 13.9. The number of aliphatic carboxylic acids is 1. The lowest BCUT2D eigenvalue weighted by Crippen LogP contribution is -2.48. The van der Waals surface area contributed by atoms with Crippen molar-refractivity contribution < 1.29 is 33.0 Å². The minimum atomic E-state index is -1.01. The molecule has 0 aromatic heterocycles. The van der Waals surface area contributed by atoms with Gasteiger partial charge in [0.2, 0.25) is 11.8 Å². The van der Waals surface area contributed by atoms with Crippen LogP contribution in [0.5, 0.6) is 0 Å². The molecule has 7 nitrogen and oxygen atoms in total. The summed E-state index contributed by atoms with van der Waals surface area (Å²) in [4.78, 5) is 38.4. The van der Waals surface area contributed by atoms with Crippen molar-refractivity contribution in [3.05, 3.63) is 29.8 Å². The maximum absolute atomic E-state index is 13.4. The van der Waals surface area contributed by atoms with Crippen LogP contribution >= 0.6 is 0 Å². The Bertz CT molecular complexity index is 722. The van der Waals surface area contributed by atoms with Crippen LogP contribution in [0.4, 0.5) is 14.5 Å². The van der Waals surface area contributed by atoms with Crippen molar-refractivity contribution in [2.75, 3.05) is 31.1 Å². The topological polar surface area (TPSA) is 87.2 Å². The van der Waals surface area contributed by atoms with Gasteiger partial charge in [0.15, 0.2) is 0 Å². The maximum Gasteiger partial charge on any atom is 0.306 e. The molecule has 2 atom stereocenters. The third-order valence-corrected chi connectivity index (χ3v) is 4.49. The molecule has 0 spiro atoms. The first-order valence-electron chi connectivity index (χ1n) is 8.22. The molecule has 2 amide bonds. The van der Waals surface area contributed by atoms with Gasteiger partial charge in [-0.2, -0.15) is 0 Å². The molecule has 0 saturated carbocycles. The molecule has 0 unspecified atom stereocenters. The summed E-state index contributed by atoms with van der Waals surface area (Å²) in [5, 5.41) is 8.85. The zero-order valence-corrected chi connectivity index (χ0v) is 13.9. The summed E-state index contributed by atoms with van der Waals surface area (Å²) < 4.78 is 32.1. The van der Waals surface area contributed by atoms with E-state index in [4.69, 9.17) is 9.84 Å². The number of morpholine rings is 1. The Morgan fingerprint density at radius 2 is 1.88 bits per heavy atom. The number of benzene rings is 1. The van der Waals surface area contributed by atoms with Gasteiger partial charge in [0.1, 0.15) is 11.6 Å². The Balaban J connectivity index is 1.67. The van der Waals surface area contributed by atoms with E-state index >= 15 is 0 Å². The van der Waals surface area contributed by atoms with Gasteiger partial charge in [-0.1, -0.05) is 0 Å². The molecule has 9 heteroatoms. The molecule has 0 radical (unpaired) electrons. The van der Waals surface area contributed by atoms with Gasteiger partial charge in [-0.3, -0.25) is 14.4 Å². The quantitative estimate of drug-likeness (QED) is 0.858. The van der Waals surface area contributed by atoms with Crippen molar-refractivity contribution in [2.24, 2.45) is 5.92 Å². The van der Waals surface area contributed by atoms with Crippen LogP contribution < -0.4 is 4.90 Å². The summed E-state index contributed by atoms with van der Waals surface area (Å²) in [7, 11) is 0. The van der Waals surface area contributed by atoms with E-state index in [0.29, 0.717) is 12.6 Å². The predicted molar refractivity (Wildman–Crippen MR) is 85.4 cm³/mol. The summed E-state index contributed by atoms with van der Waals surface area (Å²) in [6, 6.07) is 2.81. The number of anilines is 1. The van der Waals surface area contributed by atoms with Crippen LogP contribution in [0.25, 0.3) is 0 Å². The van der Waals surface area contributed by atoms with E-state index in [1.807, 2.05) is 0 Å². The minimum absolute atomic E-state index is 0.0293. The van der Waals surface area contributed by atoms with Crippen molar-refractivity contribution in [2.45, 2.75) is 18.9 Å². The lowest BCUT2D eigenvalue weighted by Gasteiger charge is -2.33. The van der Waals surface area contributed by atoms with E-state index in [0.717, 1.165) is 12.1 Å². The molecule has 1 aromatic rings. The molecule has 2 heterocycles. The third kappa shape index (κ3) is 3.98. The van der Waals surface area contributed by atoms with Gasteiger partial charge in [-0.05, 0) is 12.1 Å². The van der Waals surface area contributed by atoms with E-state index in [1.54, 1.807) is 0 Å². The molecule has 2 aliphatic heterocycles. The fraction of sp³-hybridized carbons (Fsp3) is 0.471. The van der Waals surface area contributed by atoms with Gasteiger partial charge < -0.3 is 19.6 Å². The lowest BCUT2D eigenvalue weighted by molar-refractivity contribution is -0.149. The van der Waals surface area contributed by atoms with Crippen molar-refractivity contribution in [3.8, 4) is 0 Å². The second-order valence-corrected chi connectivity index (χ2v) is 6.41. The highest BCUT2D eigenvalue weighted by molar-refractivity contribution is 6.00. The summed E-state index contributed by atoms with van der Waals surface area (Å²) in [6.07, 6.45) is -0.851. The minimum Gasteiger partial charge on any atom is -0.481 e. The molecule has 140 valence electrons. The van der Waals surface area contributed by atoms with Gasteiger partial charge in [0.25, 0.3) is 0 Å². The van der Waals surface area contributed by atoms with Crippen LogP contribution in [0, 0.1) is 17.6 Å². The van der Waals surface area contributed by atoms with E-state index in [-0.39, 0.29) is 50.0 Å². The number of nitrogens with zero attached hydrogens (tertiary/aromatic N) is 2. The van der Waals surface area contributed by atoms with Crippen LogP contribution in [0.15, 0.2) is 18.2 Å². The van der Waals surface area contributed by atoms with Crippen LogP contribution in [-0.4, -0.2) is 60.1 Å².